The lowest BCUT2D eigenvalue weighted by Gasteiger charge is -2.29. The number of carbonyl (C=O) groups excluding carboxylic acids is 1. The normalized spacial score (nSPS) is 14.6. The van der Waals surface area contributed by atoms with Gasteiger partial charge in [0.15, 0.2) is 0 Å². The summed E-state index contributed by atoms with van der Waals surface area (Å²) in [5, 5.41) is 18.3. The second kappa shape index (κ2) is 12.1. The third-order valence-corrected chi connectivity index (χ3v) is 6.45. The van der Waals surface area contributed by atoms with Gasteiger partial charge in [-0.2, -0.15) is 23.2 Å². The van der Waals surface area contributed by atoms with Crippen molar-refractivity contribution in [3.05, 3.63) is 71.7 Å². The number of ether oxygens (including phenoxy) is 1. The molecule has 14 nitrogen and oxygen atoms in total. The molecule has 2 aliphatic rings. The molecule has 0 saturated carbocycles. The van der Waals surface area contributed by atoms with Gasteiger partial charge in [-0.15, -0.1) is 0 Å². The number of rotatable bonds is 4. The van der Waals surface area contributed by atoms with E-state index in [1.54, 1.807) is 35.5 Å². The molecule has 0 bridgehead atoms. The van der Waals surface area contributed by atoms with Crippen LogP contribution in [0.3, 0.4) is 0 Å². The molecule has 6 rings (SSSR count). The van der Waals surface area contributed by atoms with E-state index in [4.69, 9.17) is 19.3 Å². The maximum Gasteiger partial charge on any atom is 0.322 e. The van der Waals surface area contributed by atoms with Gasteiger partial charge >= 0.3 is 6.03 Å². The van der Waals surface area contributed by atoms with Gasteiger partial charge in [0.05, 0.1) is 55.8 Å². The van der Waals surface area contributed by atoms with Crippen molar-refractivity contribution < 1.29 is 27.6 Å². The molecule has 2 aliphatic heterocycles. The SMILES string of the molecule is CS(=O)(=O)O.Cc1cccc(-c2cc(O)n(-c3nc4c(c(N5CCOCC5)n3)CN(C(=O)Nc3cccnc3)C4)n2)c1. The fraction of sp³-hybridized carbons (Fsp3) is 0.296. The zero-order chi connectivity index (χ0) is 29.9. The van der Waals surface area contributed by atoms with Crippen LogP contribution in [-0.2, 0) is 27.9 Å². The third-order valence-electron chi connectivity index (χ3n) is 6.45. The molecule has 4 aromatic rings. The second-order valence-electron chi connectivity index (χ2n) is 9.80. The van der Waals surface area contributed by atoms with Crippen LogP contribution in [0, 0.1) is 6.92 Å². The number of pyridine rings is 1. The smallest absolute Gasteiger partial charge is 0.322 e. The first-order valence-corrected chi connectivity index (χ1v) is 14.9. The Balaban J connectivity index is 0.000000652. The maximum atomic E-state index is 13.0. The van der Waals surface area contributed by atoms with Crippen LogP contribution in [0.4, 0.5) is 16.3 Å². The average Bonchev–Trinajstić information content (AvgIpc) is 3.56. The summed E-state index contributed by atoms with van der Waals surface area (Å²) in [7, 11) is -3.67. The molecule has 2 amide bonds. The lowest BCUT2D eigenvalue weighted by Crippen LogP contribution is -2.38. The van der Waals surface area contributed by atoms with Gasteiger partial charge < -0.3 is 25.0 Å². The van der Waals surface area contributed by atoms with Gasteiger partial charge in [0, 0.05) is 36.5 Å². The standard InChI is InChI=1S/C26H26N8O3.CH4O3S/c1-17-4-2-5-18(12-17)21-13-23(35)34(31-21)25-29-22-16-33(26(36)28-19-6-3-7-27-14-19)15-20(22)24(30-25)32-8-10-37-11-9-32;1-5(2,3)4/h2-7,12-14,35H,8-11,15-16H2,1H3,(H,28,36);1H3,(H,2,3,4). The highest BCUT2D eigenvalue weighted by atomic mass is 32.2. The summed E-state index contributed by atoms with van der Waals surface area (Å²) in [4.78, 5) is 30.5. The van der Waals surface area contributed by atoms with Gasteiger partial charge in [-0.3, -0.25) is 9.54 Å². The number of nitrogens with one attached hydrogen (secondary N) is 1. The molecule has 0 radical (unpaired) electrons. The van der Waals surface area contributed by atoms with Crippen molar-refractivity contribution in [3.63, 3.8) is 0 Å². The number of morpholine rings is 1. The van der Waals surface area contributed by atoms with Crippen molar-refractivity contribution >= 4 is 27.7 Å². The van der Waals surface area contributed by atoms with E-state index in [1.165, 1.54) is 4.68 Å². The summed E-state index contributed by atoms with van der Waals surface area (Å²) in [6, 6.07) is 12.8. The molecule has 42 heavy (non-hydrogen) atoms. The van der Waals surface area contributed by atoms with Crippen LogP contribution in [0.1, 0.15) is 16.8 Å². The molecule has 5 heterocycles. The quantitative estimate of drug-likeness (QED) is 0.296. The van der Waals surface area contributed by atoms with Gasteiger partial charge in [0.25, 0.3) is 16.1 Å². The first-order valence-electron chi connectivity index (χ1n) is 13.0. The van der Waals surface area contributed by atoms with Crippen LogP contribution in [0.25, 0.3) is 17.2 Å². The number of benzene rings is 1. The summed E-state index contributed by atoms with van der Waals surface area (Å²) < 4.78 is 32.8. The Morgan fingerprint density at radius 1 is 1.07 bits per heavy atom. The Bertz CT molecular complexity index is 1680. The molecular formula is C27H30N8O6S. The van der Waals surface area contributed by atoms with E-state index in [2.05, 4.69) is 20.3 Å². The zero-order valence-corrected chi connectivity index (χ0v) is 23.8. The summed E-state index contributed by atoms with van der Waals surface area (Å²) in [5.41, 5.74) is 4.84. The molecule has 15 heteroatoms. The number of anilines is 2. The average molecular weight is 595 g/mol. The highest BCUT2D eigenvalue weighted by Gasteiger charge is 2.32. The van der Waals surface area contributed by atoms with Crippen LogP contribution in [-0.4, -0.2) is 86.3 Å². The number of hydrogen-bond donors (Lipinski definition) is 3. The number of aromatic hydroxyl groups is 1. The Morgan fingerprint density at radius 3 is 2.52 bits per heavy atom. The second-order valence-corrected chi connectivity index (χ2v) is 11.3. The van der Waals surface area contributed by atoms with Crippen molar-refractivity contribution in [2.24, 2.45) is 0 Å². The van der Waals surface area contributed by atoms with Gasteiger partial charge in [-0.1, -0.05) is 23.8 Å². The molecule has 1 aromatic carbocycles. The van der Waals surface area contributed by atoms with E-state index in [0.717, 1.165) is 28.2 Å². The lowest BCUT2D eigenvalue weighted by atomic mass is 10.1. The van der Waals surface area contributed by atoms with E-state index in [9.17, 15) is 18.3 Å². The number of fused-ring (bicyclic) bond motifs is 1. The monoisotopic (exact) mass is 594 g/mol. The topological polar surface area (TPSA) is 176 Å². The predicted molar refractivity (Wildman–Crippen MR) is 154 cm³/mol. The molecule has 3 N–H and O–H groups in total. The number of urea groups is 1. The van der Waals surface area contributed by atoms with E-state index in [0.29, 0.717) is 57.0 Å². The molecule has 0 unspecified atom stereocenters. The summed E-state index contributed by atoms with van der Waals surface area (Å²) in [6.07, 6.45) is 3.97. The van der Waals surface area contributed by atoms with Crippen molar-refractivity contribution in [3.8, 4) is 23.1 Å². The number of aromatic nitrogens is 5. The highest BCUT2D eigenvalue weighted by Crippen LogP contribution is 2.32. The lowest BCUT2D eigenvalue weighted by molar-refractivity contribution is 0.122. The molecule has 0 spiro atoms. The number of carbonyl (C=O) groups is 1. The molecule has 1 saturated heterocycles. The Labute approximate surface area is 242 Å². The number of hydrogen-bond acceptors (Lipinski definition) is 10. The van der Waals surface area contributed by atoms with E-state index < -0.39 is 10.1 Å². The summed E-state index contributed by atoms with van der Waals surface area (Å²) in [6.45, 7) is 5.20. The first kappa shape index (κ1) is 28.9. The maximum absolute atomic E-state index is 13.0. The molecule has 1 fully saturated rings. The van der Waals surface area contributed by atoms with Gasteiger partial charge in [-0.05, 0) is 25.1 Å². The highest BCUT2D eigenvalue weighted by molar-refractivity contribution is 7.85. The van der Waals surface area contributed by atoms with Crippen molar-refractivity contribution in [2.75, 3.05) is 42.8 Å². The Morgan fingerprint density at radius 2 is 1.83 bits per heavy atom. The van der Waals surface area contributed by atoms with Gasteiger partial charge in [0.1, 0.15) is 5.82 Å². The number of aryl methyl sites for hydroxylation is 1. The van der Waals surface area contributed by atoms with E-state index >= 15 is 0 Å². The number of amides is 2. The van der Waals surface area contributed by atoms with Crippen LogP contribution in [0.5, 0.6) is 5.88 Å². The molecule has 3 aromatic heterocycles. The third kappa shape index (κ3) is 6.99. The largest absolute Gasteiger partial charge is 0.493 e. The minimum Gasteiger partial charge on any atom is -0.493 e. The van der Waals surface area contributed by atoms with Gasteiger partial charge in [0.2, 0.25) is 5.88 Å². The molecule has 0 aliphatic carbocycles. The van der Waals surface area contributed by atoms with E-state index in [1.807, 2.05) is 31.2 Å². The first-order chi connectivity index (χ1) is 20.0. The van der Waals surface area contributed by atoms with Crippen LogP contribution in [0.2, 0.25) is 0 Å². The predicted octanol–water partition coefficient (Wildman–Crippen LogP) is 2.63. The number of nitrogens with zero attached hydrogens (tertiary/aromatic N) is 7. The fourth-order valence-electron chi connectivity index (χ4n) is 4.60. The van der Waals surface area contributed by atoms with Crippen LogP contribution in [0.15, 0.2) is 54.9 Å². The van der Waals surface area contributed by atoms with Crippen LogP contribution < -0.4 is 10.2 Å². The van der Waals surface area contributed by atoms with Gasteiger partial charge in [-0.25, -0.2) is 9.78 Å². The van der Waals surface area contributed by atoms with Crippen molar-refractivity contribution in [2.45, 2.75) is 20.0 Å². The molecular weight excluding hydrogens is 564 g/mol. The van der Waals surface area contributed by atoms with Crippen LogP contribution >= 0.6 is 0 Å². The minimum atomic E-state index is -3.67. The summed E-state index contributed by atoms with van der Waals surface area (Å²) >= 11 is 0. The molecule has 220 valence electrons. The van der Waals surface area contributed by atoms with Crippen molar-refractivity contribution in [1.82, 2.24) is 29.6 Å². The summed E-state index contributed by atoms with van der Waals surface area (Å²) in [5.74, 6) is 0.923. The Hall–Kier alpha value is -4.60. The molecule has 0 atom stereocenters. The fourth-order valence-corrected chi connectivity index (χ4v) is 4.60. The Kier molecular flexibility index (Phi) is 8.33. The minimum absolute atomic E-state index is 0.0615. The van der Waals surface area contributed by atoms with E-state index in [-0.39, 0.29) is 17.9 Å². The van der Waals surface area contributed by atoms with Crippen molar-refractivity contribution in [1.29, 1.82) is 0 Å². The zero-order valence-electron chi connectivity index (χ0n) is 23.0.